The number of aromatic amines is 1. The Kier molecular flexibility index (Phi) is 5.57. The van der Waals surface area contributed by atoms with Crippen LogP contribution in [0, 0.1) is 18.7 Å². The Morgan fingerprint density at radius 2 is 2.03 bits per heavy atom. The topological polar surface area (TPSA) is 120 Å². The smallest absolute Gasteiger partial charge is 0.146 e. The van der Waals surface area contributed by atoms with Gasteiger partial charge in [-0.3, -0.25) is 15.1 Å². The molecule has 2 N–H and O–H groups in total. The van der Waals surface area contributed by atoms with E-state index in [9.17, 15) is 5.11 Å². The van der Waals surface area contributed by atoms with Crippen molar-refractivity contribution in [3.63, 3.8) is 0 Å². The van der Waals surface area contributed by atoms with Crippen molar-refractivity contribution in [2.45, 2.75) is 45.3 Å². The van der Waals surface area contributed by atoms with Crippen molar-refractivity contribution in [2.75, 3.05) is 13.2 Å². The van der Waals surface area contributed by atoms with Gasteiger partial charge in [-0.2, -0.15) is 5.10 Å². The number of ether oxygens (including phenoxy) is 1. The largest absolute Gasteiger partial charge is 0.384 e. The van der Waals surface area contributed by atoms with Gasteiger partial charge in [-0.05, 0) is 57.7 Å². The lowest BCUT2D eigenvalue weighted by atomic mass is 9.88. The number of pyridine rings is 2. The Hall–Kier alpha value is -3.70. The fourth-order valence-corrected chi connectivity index (χ4v) is 5.59. The number of fused-ring (bicyclic) bond motifs is 3. The number of aromatic nitrogens is 8. The summed E-state index contributed by atoms with van der Waals surface area (Å²) in [6.45, 7) is 6.47. The molecule has 1 saturated heterocycles. The molecule has 5 aromatic heterocycles. The lowest BCUT2D eigenvalue weighted by molar-refractivity contribution is 0.0538. The zero-order valence-electron chi connectivity index (χ0n) is 21.2. The number of H-pyrrole nitrogens is 1. The third-order valence-corrected chi connectivity index (χ3v) is 7.25. The quantitative estimate of drug-likeness (QED) is 0.374. The van der Waals surface area contributed by atoms with Crippen molar-refractivity contribution < 1.29 is 14.2 Å². The molecular formula is C26H29FN8O2. The van der Waals surface area contributed by atoms with Crippen LogP contribution in [0.1, 0.15) is 49.8 Å². The molecule has 1 atom stereocenters. The molecule has 1 aliphatic heterocycles. The standard InChI is InChI=1S/C26H29FN8O2/c1-14-22(34(4)33-30-14)16-12-18-20(29-13-16)21-24(25(32-31-21)26(2,3)36)35(18)23(15-7-10-37-11-8-15)19-17(27)6-5-9-28-19/h5-6,9,12-13,15,23,36H,7-8,10-11H2,1-4H3,(H,31,32). The summed E-state index contributed by atoms with van der Waals surface area (Å²) in [5, 5.41) is 27.0. The molecule has 1 unspecified atom stereocenters. The predicted octanol–water partition coefficient (Wildman–Crippen LogP) is 3.79. The summed E-state index contributed by atoms with van der Waals surface area (Å²) in [5.41, 5.74) is 4.87. The first-order valence-electron chi connectivity index (χ1n) is 12.4. The van der Waals surface area contributed by atoms with Gasteiger partial charge in [0.1, 0.15) is 28.1 Å². The van der Waals surface area contributed by atoms with E-state index < -0.39 is 11.6 Å². The number of aliphatic hydroxyl groups is 1. The second-order valence-electron chi connectivity index (χ2n) is 10.2. The van der Waals surface area contributed by atoms with Gasteiger partial charge in [0.25, 0.3) is 0 Å². The van der Waals surface area contributed by atoms with Gasteiger partial charge in [-0.25, -0.2) is 9.07 Å². The summed E-state index contributed by atoms with van der Waals surface area (Å²) < 4.78 is 24.9. The van der Waals surface area contributed by atoms with Crippen LogP contribution in [0.5, 0.6) is 0 Å². The van der Waals surface area contributed by atoms with Crippen LogP contribution in [0.3, 0.4) is 0 Å². The van der Waals surface area contributed by atoms with Gasteiger partial charge >= 0.3 is 0 Å². The van der Waals surface area contributed by atoms with Crippen LogP contribution in [0.2, 0.25) is 0 Å². The Bertz CT molecular complexity index is 1590. The van der Waals surface area contributed by atoms with E-state index in [1.54, 1.807) is 37.0 Å². The van der Waals surface area contributed by atoms with Gasteiger partial charge in [0.05, 0.1) is 34.2 Å². The maximum absolute atomic E-state index is 15.4. The average molecular weight is 505 g/mol. The molecule has 37 heavy (non-hydrogen) atoms. The summed E-state index contributed by atoms with van der Waals surface area (Å²) >= 11 is 0. The normalized spacial score (nSPS) is 16.2. The van der Waals surface area contributed by atoms with Gasteiger partial charge in [-0.1, -0.05) is 5.21 Å². The molecule has 0 amide bonds. The van der Waals surface area contributed by atoms with Crippen LogP contribution in [-0.4, -0.2) is 58.0 Å². The highest BCUT2D eigenvalue weighted by Crippen LogP contribution is 2.43. The maximum atomic E-state index is 15.4. The van der Waals surface area contributed by atoms with Crippen molar-refractivity contribution in [3.05, 3.63) is 53.5 Å². The second kappa shape index (κ2) is 8.70. The highest BCUT2D eigenvalue weighted by atomic mass is 19.1. The van der Waals surface area contributed by atoms with Gasteiger partial charge in [0.2, 0.25) is 0 Å². The van der Waals surface area contributed by atoms with Gasteiger partial charge in [-0.15, -0.1) is 5.10 Å². The Labute approximate surface area is 212 Å². The molecule has 1 fully saturated rings. The third-order valence-electron chi connectivity index (χ3n) is 7.25. The number of nitrogens with one attached hydrogen (secondary N) is 1. The first-order valence-corrected chi connectivity index (χ1v) is 12.4. The van der Waals surface area contributed by atoms with Gasteiger partial charge < -0.3 is 14.4 Å². The number of nitrogens with zero attached hydrogens (tertiary/aromatic N) is 7. The fraction of sp³-hybridized carbons (Fsp3) is 0.423. The molecule has 192 valence electrons. The molecule has 0 spiro atoms. The number of hydrogen-bond acceptors (Lipinski definition) is 7. The van der Waals surface area contributed by atoms with Gasteiger partial charge in [0.15, 0.2) is 0 Å². The molecule has 0 aliphatic carbocycles. The van der Waals surface area contributed by atoms with Crippen molar-refractivity contribution in [1.82, 2.24) is 39.7 Å². The number of rotatable bonds is 5. The summed E-state index contributed by atoms with van der Waals surface area (Å²) in [4.78, 5) is 9.35. The molecule has 5 aromatic rings. The lowest BCUT2D eigenvalue weighted by Crippen LogP contribution is -2.29. The number of hydrogen-bond donors (Lipinski definition) is 2. The summed E-state index contributed by atoms with van der Waals surface area (Å²) in [6, 6.07) is 4.61. The Morgan fingerprint density at radius 3 is 2.70 bits per heavy atom. The minimum atomic E-state index is -1.25. The molecule has 0 radical (unpaired) electrons. The minimum absolute atomic E-state index is 0.0465. The van der Waals surface area contributed by atoms with E-state index in [0.29, 0.717) is 41.2 Å². The van der Waals surface area contributed by atoms with Crippen LogP contribution in [0.15, 0.2) is 30.6 Å². The van der Waals surface area contributed by atoms with Crippen molar-refractivity contribution in [3.8, 4) is 11.3 Å². The first kappa shape index (κ1) is 23.7. The molecule has 11 heteroatoms. The molecular weight excluding hydrogens is 475 g/mol. The molecule has 10 nitrogen and oxygen atoms in total. The average Bonchev–Trinajstić information content (AvgIpc) is 3.54. The first-order chi connectivity index (χ1) is 17.8. The van der Waals surface area contributed by atoms with Gasteiger partial charge in [0, 0.05) is 38.2 Å². The summed E-state index contributed by atoms with van der Waals surface area (Å²) in [7, 11) is 1.84. The van der Waals surface area contributed by atoms with Crippen LogP contribution in [-0.2, 0) is 17.4 Å². The molecule has 0 saturated carbocycles. The Morgan fingerprint density at radius 1 is 1.24 bits per heavy atom. The highest BCUT2D eigenvalue weighted by Gasteiger charge is 2.36. The number of halogens is 1. The second-order valence-corrected chi connectivity index (χ2v) is 10.2. The van der Waals surface area contributed by atoms with Crippen molar-refractivity contribution in [2.24, 2.45) is 13.0 Å². The molecule has 1 aliphatic rings. The summed E-state index contributed by atoms with van der Waals surface area (Å²) in [6.07, 6.45) is 4.90. The highest BCUT2D eigenvalue weighted by molar-refractivity contribution is 6.05. The molecule has 0 bridgehead atoms. The third kappa shape index (κ3) is 3.80. The molecule has 0 aromatic carbocycles. The van der Waals surface area contributed by atoms with Crippen LogP contribution in [0.25, 0.3) is 33.3 Å². The monoisotopic (exact) mass is 504 g/mol. The van der Waals surface area contributed by atoms with E-state index in [1.807, 2.05) is 20.0 Å². The predicted molar refractivity (Wildman–Crippen MR) is 135 cm³/mol. The van der Waals surface area contributed by atoms with Crippen LogP contribution in [0.4, 0.5) is 4.39 Å². The van der Waals surface area contributed by atoms with E-state index in [2.05, 4.69) is 30.1 Å². The van der Waals surface area contributed by atoms with E-state index in [0.717, 1.165) is 35.3 Å². The minimum Gasteiger partial charge on any atom is -0.384 e. The Balaban J connectivity index is 1.72. The zero-order chi connectivity index (χ0) is 25.9. The lowest BCUT2D eigenvalue weighted by Gasteiger charge is -2.32. The number of aryl methyl sites for hydroxylation is 2. The van der Waals surface area contributed by atoms with E-state index >= 15 is 4.39 Å². The maximum Gasteiger partial charge on any atom is 0.146 e. The van der Waals surface area contributed by atoms with Crippen molar-refractivity contribution in [1.29, 1.82) is 0 Å². The SMILES string of the molecule is Cc1nnn(C)c1-c1cnc2c3[nH]nc(C(C)(C)O)c3n(C(c3ncccc3F)C3CCOCC3)c2c1. The zero-order valence-corrected chi connectivity index (χ0v) is 21.2. The fourth-order valence-electron chi connectivity index (χ4n) is 5.59. The van der Waals surface area contributed by atoms with Crippen LogP contribution < -0.4 is 0 Å². The van der Waals surface area contributed by atoms with E-state index in [-0.39, 0.29) is 11.7 Å². The van der Waals surface area contributed by atoms with E-state index in [4.69, 9.17) is 9.72 Å². The van der Waals surface area contributed by atoms with Crippen molar-refractivity contribution >= 4 is 22.1 Å². The van der Waals surface area contributed by atoms with E-state index in [1.165, 1.54) is 6.07 Å². The molecule has 6 rings (SSSR count). The summed E-state index contributed by atoms with van der Waals surface area (Å²) in [5.74, 6) is -0.330. The molecule has 6 heterocycles. The van der Waals surface area contributed by atoms with Crippen LogP contribution >= 0.6 is 0 Å².